The van der Waals surface area contributed by atoms with Crippen LogP contribution in [0.3, 0.4) is 0 Å². The van der Waals surface area contributed by atoms with E-state index in [1.165, 1.54) is 10.4 Å². The molecule has 0 aliphatic carbocycles. The molecule has 182 valence electrons. The maximum Gasteiger partial charge on any atom is 0.223 e. The maximum atomic E-state index is 15.0. The highest BCUT2D eigenvalue weighted by Gasteiger charge is 2.33. The van der Waals surface area contributed by atoms with Crippen LogP contribution in [0.2, 0.25) is 0 Å². The van der Waals surface area contributed by atoms with Crippen LogP contribution in [0.15, 0.2) is 12.3 Å². The zero-order valence-electron chi connectivity index (χ0n) is 19.1. The molecule has 1 fully saturated rings. The predicted molar refractivity (Wildman–Crippen MR) is 123 cm³/mol. The van der Waals surface area contributed by atoms with E-state index in [1.807, 2.05) is 11.5 Å². The van der Waals surface area contributed by atoms with Gasteiger partial charge in [-0.05, 0) is 44.7 Å². The third kappa shape index (κ3) is 3.83. The highest BCUT2D eigenvalue weighted by Crippen LogP contribution is 2.39. The van der Waals surface area contributed by atoms with Gasteiger partial charge in [-0.2, -0.15) is 4.31 Å². The van der Waals surface area contributed by atoms with Crippen molar-refractivity contribution in [3.8, 4) is 11.3 Å². The van der Waals surface area contributed by atoms with Crippen molar-refractivity contribution >= 4 is 27.0 Å². The van der Waals surface area contributed by atoms with Crippen LogP contribution >= 0.6 is 0 Å². The Labute approximate surface area is 195 Å². The van der Waals surface area contributed by atoms with Crippen molar-refractivity contribution in [2.75, 3.05) is 24.7 Å². The summed E-state index contributed by atoms with van der Waals surface area (Å²) in [5, 5.41) is 13.4. The molecule has 12 heteroatoms. The van der Waals surface area contributed by atoms with Gasteiger partial charge in [-0.15, -0.1) is 0 Å². The number of aliphatic hydroxyl groups is 1. The number of aliphatic hydroxyl groups excluding tert-OH is 1. The summed E-state index contributed by atoms with van der Waals surface area (Å²) in [6.07, 6.45) is 2.89. The number of anilines is 1. The van der Waals surface area contributed by atoms with Crippen LogP contribution < -0.4 is 5.32 Å². The van der Waals surface area contributed by atoms with E-state index < -0.39 is 33.8 Å². The molecule has 9 nitrogen and oxygen atoms in total. The first-order chi connectivity index (χ1) is 16.0. The number of benzene rings is 1. The fraction of sp³-hybridized carbons (Fsp3) is 0.500. The van der Waals surface area contributed by atoms with Gasteiger partial charge < -0.3 is 15.0 Å². The number of aromatic nitrogens is 4. The maximum absolute atomic E-state index is 15.0. The Hall–Kier alpha value is -2.70. The van der Waals surface area contributed by atoms with Gasteiger partial charge in [0.15, 0.2) is 11.6 Å². The van der Waals surface area contributed by atoms with Crippen molar-refractivity contribution in [1.82, 2.24) is 23.8 Å². The molecule has 2 aromatic heterocycles. The lowest BCUT2D eigenvalue weighted by atomic mass is 9.93. The number of imidazole rings is 1. The standard InChI is InChI=1S/C22H26F2N6O3S/c1-11-4-5-13-14(8-15(23)20-21(13)30(11)12(2)26-20)19-16(24)9-25-22(28-19)27-17-6-7-29(10-18(17)31)34(3,32)33/h8-9,11,17-18,31H,4-7,10H2,1-3H3,(H,25,27,28)/t11-,17+,18+/m0/s1. The van der Waals surface area contributed by atoms with Crippen LogP contribution in [-0.2, 0) is 16.4 Å². The van der Waals surface area contributed by atoms with E-state index in [2.05, 4.69) is 27.2 Å². The van der Waals surface area contributed by atoms with Crippen LogP contribution in [0.1, 0.15) is 37.2 Å². The van der Waals surface area contributed by atoms with Gasteiger partial charge in [0, 0.05) is 24.7 Å². The number of piperidine rings is 1. The van der Waals surface area contributed by atoms with Crippen molar-refractivity contribution in [1.29, 1.82) is 0 Å². The Morgan fingerprint density at radius 3 is 2.68 bits per heavy atom. The van der Waals surface area contributed by atoms with E-state index in [9.17, 15) is 17.9 Å². The summed E-state index contributed by atoms with van der Waals surface area (Å²) in [5.74, 6) is -0.440. The van der Waals surface area contributed by atoms with Gasteiger partial charge in [0.25, 0.3) is 0 Å². The molecule has 3 aromatic rings. The average Bonchev–Trinajstić information content (AvgIpc) is 3.13. The number of nitrogens with zero attached hydrogens (tertiary/aromatic N) is 5. The minimum Gasteiger partial charge on any atom is -0.390 e. The van der Waals surface area contributed by atoms with Crippen molar-refractivity contribution in [3.63, 3.8) is 0 Å². The van der Waals surface area contributed by atoms with Crippen LogP contribution in [0.25, 0.3) is 22.3 Å². The molecule has 2 aliphatic heterocycles. The zero-order valence-corrected chi connectivity index (χ0v) is 19.9. The topological polar surface area (TPSA) is 113 Å². The molecular weight excluding hydrogens is 466 g/mol. The Balaban J connectivity index is 1.51. The molecular formula is C22H26F2N6O3S. The lowest BCUT2D eigenvalue weighted by molar-refractivity contribution is 0.0950. The SMILES string of the molecule is Cc1nc2c(F)cc(-c3nc(N[C@@H]4CCN(S(C)(=O)=O)C[C@H]4O)ncc3F)c3c2n1[C@@H](C)CC3. The van der Waals surface area contributed by atoms with Crippen LogP contribution in [-0.4, -0.2) is 68.8 Å². The highest BCUT2D eigenvalue weighted by atomic mass is 32.2. The number of hydrogen-bond acceptors (Lipinski definition) is 7. The Morgan fingerprint density at radius 1 is 1.21 bits per heavy atom. The minimum atomic E-state index is -3.41. The van der Waals surface area contributed by atoms with Gasteiger partial charge >= 0.3 is 0 Å². The molecule has 4 heterocycles. The molecule has 34 heavy (non-hydrogen) atoms. The zero-order chi connectivity index (χ0) is 24.4. The number of hydrogen-bond donors (Lipinski definition) is 2. The molecule has 2 N–H and O–H groups in total. The number of rotatable bonds is 4. The summed E-state index contributed by atoms with van der Waals surface area (Å²) in [5.41, 5.74) is 2.06. The summed E-state index contributed by atoms with van der Waals surface area (Å²) in [6.45, 7) is 4.06. The fourth-order valence-corrected chi connectivity index (χ4v) is 5.92. The Bertz CT molecular complexity index is 1390. The summed E-state index contributed by atoms with van der Waals surface area (Å²) in [6, 6.07) is 0.914. The molecule has 0 radical (unpaired) electrons. The molecule has 1 saturated heterocycles. The number of nitrogens with one attached hydrogen (secondary N) is 1. The molecule has 2 aliphatic rings. The van der Waals surface area contributed by atoms with E-state index in [0.29, 0.717) is 29.7 Å². The Kier molecular flexibility index (Phi) is 5.57. The minimum absolute atomic E-state index is 0.0312. The van der Waals surface area contributed by atoms with Gasteiger partial charge in [-0.3, -0.25) is 0 Å². The molecule has 0 unspecified atom stereocenters. The third-order valence-electron chi connectivity index (χ3n) is 6.78. The van der Waals surface area contributed by atoms with Gasteiger partial charge in [0.2, 0.25) is 16.0 Å². The number of halogens is 2. The average molecular weight is 493 g/mol. The molecule has 0 bridgehead atoms. The summed E-state index contributed by atoms with van der Waals surface area (Å²) >= 11 is 0. The highest BCUT2D eigenvalue weighted by molar-refractivity contribution is 7.88. The molecule has 5 rings (SSSR count). The van der Waals surface area contributed by atoms with E-state index in [4.69, 9.17) is 0 Å². The monoisotopic (exact) mass is 492 g/mol. The van der Waals surface area contributed by atoms with Crippen LogP contribution in [0.4, 0.5) is 14.7 Å². The van der Waals surface area contributed by atoms with Gasteiger partial charge in [0.05, 0.1) is 30.1 Å². The third-order valence-corrected chi connectivity index (χ3v) is 8.05. The second-order valence-corrected chi connectivity index (χ2v) is 11.1. The summed E-state index contributed by atoms with van der Waals surface area (Å²) in [4.78, 5) is 12.7. The van der Waals surface area contributed by atoms with Crippen LogP contribution in [0, 0.1) is 18.6 Å². The lowest BCUT2D eigenvalue weighted by Crippen LogP contribution is -2.51. The normalized spacial score (nSPS) is 23.4. The van der Waals surface area contributed by atoms with Crippen molar-refractivity contribution in [2.24, 2.45) is 0 Å². The lowest BCUT2D eigenvalue weighted by Gasteiger charge is -2.34. The number of sulfonamides is 1. The molecule has 1 aromatic carbocycles. The van der Waals surface area contributed by atoms with Crippen molar-refractivity contribution in [2.45, 2.75) is 51.3 Å². The van der Waals surface area contributed by atoms with Gasteiger partial charge in [-0.1, -0.05) is 0 Å². The van der Waals surface area contributed by atoms with Crippen LogP contribution in [0.5, 0.6) is 0 Å². The van der Waals surface area contributed by atoms with Gasteiger partial charge in [0.1, 0.15) is 17.0 Å². The summed E-state index contributed by atoms with van der Waals surface area (Å²) < 4.78 is 56.7. The smallest absolute Gasteiger partial charge is 0.223 e. The largest absolute Gasteiger partial charge is 0.390 e. The van der Waals surface area contributed by atoms with Crippen molar-refractivity contribution < 1.29 is 22.3 Å². The second-order valence-electron chi connectivity index (χ2n) is 9.12. The number of β-amino-alcohol motifs (C(OH)–C–C–N with tert-alkyl or cyclic N) is 1. The molecule has 0 amide bonds. The first kappa shape index (κ1) is 23.1. The Morgan fingerprint density at radius 2 is 1.97 bits per heavy atom. The first-order valence-electron chi connectivity index (χ1n) is 11.2. The quantitative estimate of drug-likeness (QED) is 0.575. The van der Waals surface area contributed by atoms with E-state index >= 15 is 4.39 Å². The first-order valence-corrected chi connectivity index (χ1v) is 13.0. The molecule has 3 atom stereocenters. The second kappa shape index (κ2) is 8.21. The number of aryl methyl sites for hydroxylation is 2. The summed E-state index contributed by atoms with van der Waals surface area (Å²) in [7, 11) is -3.41. The fourth-order valence-electron chi connectivity index (χ4n) is 5.06. The van der Waals surface area contributed by atoms with E-state index in [0.717, 1.165) is 24.4 Å². The molecule has 0 spiro atoms. The van der Waals surface area contributed by atoms with Crippen molar-refractivity contribution in [3.05, 3.63) is 35.3 Å². The van der Waals surface area contributed by atoms with Gasteiger partial charge in [-0.25, -0.2) is 32.2 Å². The molecule has 0 saturated carbocycles. The van der Waals surface area contributed by atoms with E-state index in [1.54, 1.807) is 0 Å². The predicted octanol–water partition coefficient (Wildman–Crippen LogP) is 2.39. The van der Waals surface area contributed by atoms with E-state index in [-0.39, 0.29) is 36.3 Å².